The van der Waals surface area contributed by atoms with Crippen molar-refractivity contribution >= 4 is 24.0 Å². The first-order valence-electron chi connectivity index (χ1n) is 6.42. The Bertz CT molecular complexity index is 406. The van der Waals surface area contributed by atoms with Crippen molar-refractivity contribution in [2.75, 3.05) is 19.0 Å². The van der Waals surface area contributed by atoms with Gasteiger partial charge in [0.2, 0.25) is 5.91 Å². The fourth-order valence-electron chi connectivity index (χ4n) is 2.21. The molecule has 1 aromatic carbocycles. The van der Waals surface area contributed by atoms with Crippen LogP contribution in [0.4, 0.5) is 5.69 Å². The third-order valence-corrected chi connectivity index (χ3v) is 3.13. The summed E-state index contributed by atoms with van der Waals surface area (Å²) in [7, 11) is 1.66. The lowest BCUT2D eigenvalue weighted by Gasteiger charge is -2.22. The summed E-state index contributed by atoms with van der Waals surface area (Å²) in [6.07, 6.45) is 3.20. The molecule has 2 rings (SSSR count). The van der Waals surface area contributed by atoms with Crippen LogP contribution in [0.2, 0.25) is 0 Å². The van der Waals surface area contributed by atoms with Crippen LogP contribution >= 0.6 is 12.4 Å². The van der Waals surface area contributed by atoms with Gasteiger partial charge >= 0.3 is 0 Å². The third-order valence-electron chi connectivity index (χ3n) is 3.13. The molecule has 1 amide bonds. The Hall–Kier alpha value is -1.10. The van der Waals surface area contributed by atoms with Crippen LogP contribution < -0.4 is 10.6 Å². The van der Waals surface area contributed by atoms with E-state index in [9.17, 15) is 4.79 Å². The first kappa shape index (κ1) is 16.0. The molecular weight excluding hydrogens is 264 g/mol. The molecule has 1 aromatic rings. The molecule has 0 aliphatic carbocycles. The summed E-state index contributed by atoms with van der Waals surface area (Å²) in [5, 5.41) is 6.20. The Kier molecular flexibility index (Phi) is 6.84. The lowest BCUT2D eigenvalue weighted by Crippen LogP contribution is -2.43. The van der Waals surface area contributed by atoms with E-state index in [0.717, 1.165) is 37.1 Å². The van der Waals surface area contributed by atoms with Gasteiger partial charge in [-0.25, -0.2) is 0 Å². The van der Waals surface area contributed by atoms with Gasteiger partial charge in [0.1, 0.15) is 0 Å². The van der Waals surface area contributed by atoms with E-state index in [0.29, 0.717) is 6.61 Å². The molecule has 1 aliphatic rings. The molecule has 0 spiro atoms. The highest BCUT2D eigenvalue weighted by Gasteiger charge is 2.20. The second kappa shape index (κ2) is 8.15. The predicted octanol–water partition coefficient (Wildman–Crippen LogP) is 2.34. The van der Waals surface area contributed by atoms with E-state index < -0.39 is 0 Å². The number of benzene rings is 1. The number of halogens is 1. The quantitative estimate of drug-likeness (QED) is 0.892. The highest BCUT2D eigenvalue weighted by atomic mass is 35.5. The summed E-state index contributed by atoms with van der Waals surface area (Å²) in [6, 6.07) is 7.71. The molecule has 0 saturated carbocycles. The van der Waals surface area contributed by atoms with Crippen LogP contribution in [0.5, 0.6) is 0 Å². The van der Waals surface area contributed by atoms with E-state index >= 15 is 0 Å². The molecule has 1 aliphatic heterocycles. The van der Waals surface area contributed by atoms with Crippen LogP contribution in [0.25, 0.3) is 0 Å². The molecule has 106 valence electrons. The first-order valence-corrected chi connectivity index (χ1v) is 6.42. The monoisotopic (exact) mass is 284 g/mol. The summed E-state index contributed by atoms with van der Waals surface area (Å²) in [4.78, 5) is 12.0. The van der Waals surface area contributed by atoms with Crippen LogP contribution in [0.15, 0.2) is 24.3 Å². The molecule has 1 atom stereocenters. The van der Waals surface area contributed by atoms with E-state index in [2.05, 4.69) is 10.6 Å². The van der Waals surface area contributed by atoms with Crippen molar-refractivity contribution in [3.8, 4) is 0 Å². The summed E-state index contributed by atoms with van der Waals surface area (Å²) < 4.78 is 5.08. The summed E-state index contributed by atoms with van der Waals surface area (Å²) in [6.45, 7) is 1.49. The third kappa shape index (κ3) is 4.82. The molecule has 0 bridgehead atoms. The number of amides is 1. The van der Waals surface area contributed by atoms with Gasteiger partial charge in [-0.3, -0.25) is 4.79 Å². The van der Waals surface area contributed by atoms with Gasteiger partial charge in [0, 0.05) is 12.8 Å². The van der Waals surface area contributed by atoms with Crippen molar-refractivity contribution in [3.63, 3.8) is 0 Å². The minimum Gasteiger partial charge on any atom is -0.380 e. The first-order chi connectivity index (χ1) is 8.79. The second-order valence-corrected chi connectivity index (χ2v) is 4.63. The molecule has 1 saturated heterocycles. The average Bonchev–Trinajstić information content (AvgIpc) is 2.40. The number of carbonyl (C=O) groups excluding carboxylic acids is 1. The Labute approximate surface area is 120 Å². The fraction of sp³-hybridized carbons (Fsp3) is 0.500. The normalized spacial score (nSPS) is 18.5. The molecule has 1 fully saturated rings. The van der Waals surface area contributed by atoms with E-state index in [1.54, 1.807) is 7.11 Å². The largest absolute Gasteiger partial charge is 0.380 e. The molecule has 4 nitrogen and oxygen atoms in total. The van der Waals surface area contributed by atoms with Gasteiger partial charge in [0.05, 0.1) is 12.6 Å². The minimum atomic E-state index is -0.0511. The van der Waals surface area contributed by atoms with Crippen LogP contribution in [0.1, 0.15) is 24.8 Å². The zero-order valence-corrected chi connectivity index (χ0v) is 12.0. The summed E-state index contributed by atoms with van der Waals surface area (Å²) >= 11 is 0. The lowest BCUT2D eigenvalue weighted by atomic mass is 10.0. The van der Waals surface area contributed by atoms with Gasteiger partial charge in [-0.15, -0.1) is 12.4 Å². The van der Waals surface area contributed by atoms with E-state index in [-0.39, 0.29) is 24.4 Å². The van der Waals surface area contributed by atoms with E-state index in [4.69, 9.17) is 4.74 Å². The molecule has 19 heavy (non-hydrogen) atoms. The molecule has 2 N–H and O–H groups in total. The molecular formula is C14H21ClN2O2. The van der Waals surface area contributed by atoms with Crippen molar-refractivity contribution < 1.29 is 9.53 Å². The zero-order valence-electron chi connectivity index (χ0n) is 11.1. The smallest absolute Gasteiger partial charge is 0.241 e. The van der Waals surface area contributed by atoms with Crippen molar-refractivity contribution in [1.82, 2.24) is 5.32 Å². The Balaban J connectivity index is 0.00000180. The van der Waals surface area contributed by atoms with Gasteiger partial charge in [0.15, 0.2) is 0 Å². The molecule has 1 heterocycles. The second-order valence-electron chi connectivity index (χ2n) is 4.63. The minimum absolute atomic E-state index is 0. The molecule has 5 heteroatoms. The number of carbonyl (C=O) groups is 1. The number of hydrogen-bond acceptors (Lipinski definition) is 3. The van der Waals surface area contributed by atoms with Gasteiger partial charge in [-0.2, -0.15) is 0 Å². The van der Waals surface area contributed by atoms with E-state index in [1.165, 1.54) is 0 Å². The Morgan fingerprint density at radius 3 is 3.00 bits per heavy atom. The maximum Gasteiger partial charge on any atom is 0.241 e. The lowest BCUT2D eigenvalue weighted by molar-refractivity contribution is -0.118. The summed E-state index contributed by atoms with van der Waals surface area (Å²) in [5.41, 5.74) is 1.90. The number of nitrogens with one attached hydrogen (secondary N) is 2. The van der Waals surface area contributed by atoms with Crippen molar-refractivity contribution in [1.29, 1.82) is 0 Å². The maximum absolute atomic E-state index is 12.0. The predicted molar refractivity (Wildman–Crippen MR) is 78.7 cm³/mol. The van der Waals surface area contributed by atoms with Crippen molar-refractivity contribution in [2.45, 2.75) is 31.9 Å². The van der Waals surface area contributed by atoms with Gasteiger partial charge < -0.3 is 15.4 Å². The number of anilines is 1. The molecule has 0 radical (unpaired) electrons. The van der Waals surface area contributed by atoms with Crippen LogP contribution in [0, 0.1) is 0 Å². The number of piperidine rings is 1. The van der Waals surface area contributed by atoms with Crippen LogP contribution in [-0.2, 0) is 16.1 Å². The highest BCUT2D eigenvalue weighted by molar-refractivity contribution is 5.94. The van der Waals surface area contributed by atoms with Gasteiger partial charge in [-0.1, -0.05) is 18.6 Å². The van der Waals surface area contributed by atoms with Crippen LogP contribution in [-0.4, -0.2) is 25.6 Å². The standard InChI is InChI=1S/C14H20N2O2.ClH/c1-18-10-11-5-4-6-12(9-11)16-14(17)13-7-2-3-8-15-13;/h4-6,9,13,15H,2-3,7-8,10H2,1H3,(H,16,17);1H/t13-;/m1./s1. The number of methoxy groups -OCH3 is 1. The SMILES string of the molecule is COCc1cccc(NC(=O)[C@H]2CCCCN2)c1.Cl. The number of hydrogen-bond donors (Lipinski definition) is 2. The van der Waals surface area contributed by atoms with E-state index in [1.807, 2.05) is 24.3 Å². The average molecular weight is 285 g/mol. The summed E-state index contributed by atoms with van der Waals surface area (Å²) in [5.74, 6) is 0.0595. The maximum atomic E-state index is 12.0. The number of rotatable bonds is 4. The molecule has 0 unspecified atom stereocenters. The Morgan fingerprint density at radius 1 is 1.47 bits per heavy atom. The Morgan fingerprint density at radius 2 is 2.32 bits per heavy atom. The zero-order chi connectivity index (χ0) is 12.8. The number of ether oxygens (including phenoxy) is 1. The van der Waals surface area contributed by atoms with Crippen molar-refractivity contribution in [2.24, 2.45) is 0 Å². The van der Waals surface area contributed by atoms with Gasteiger partial charge in [0.25, 0.3) is 0 Å². The topological polar surface area (TPSA) is 50.4 Å². The fourth-order valence-corrected chi connectivity index (χ4v) is 2.21. The highest BCUT2D eigenvalue weighted by Crippen LogP contribution is 2.14. The van der Waals surface area contributed by atoms with Gasteiger partial charge in [-0.05, 0) is 37.1 Å². The van der Waals surface area contributed by atoms with Crippen molar-refractivity contribution in [3.05, 3.63) is 29.8 Å². The molecule has 0 aromatic heterocycles. The van der Waals surface area contributed by atoms with Crippen LogP contribution in [0.3, 0.4) is 0 Å².